The van der Waals surface area contributed by atoms with Crippen molar-refractivity contribution >= 4 is 11.8 Å². The lowest BCUT2D eigenvalue weighted by molar-refractivity contribution is 0.630. The van der Waals surface area contributed by atoms with Gasteiger partial charge in [-0.1, -0.05) is 30.3 Å². The first-order chi connectivity index (χ1) is 9.53. The lowest BCUT2D eigenvalue weighted by Gasteiger charge is -2.21. The zero-order valence-corrected chi connectivity index (χ0v) is 12.4. The fraction of sp³-hybridized carbons (Fsp3) is 0.375. The molecule has 2 N–H and O–H groups in total. The Morgan fingerprint density at radius 3 is 2.50 bits per heavy atom. The summed E-state index contributed by atoms with van der Waals surface area (Å²) in [6, 6.07) is 12.3. The second kappa shape index (κ2) is 6.37. The number of hydrogen-bond acceptors (Lipinski definition) is 4. The summed E-state index contributed by atoms with van der Waals surface area (Å²) >= 11 is 0. The minimum absolute atomic E-state index is 0.00430. The smallest absolute Gasteiger partial charge is 0.224 e. The van der Waals surface area contributed by atoms with Crippen molar-refractivity contribution in [3.8, 4) is 0 Å². The molecule has 4 heteroatoms. The van der Waals surface area contributed by atoms with Gasteiger partial charge < -0.3 is 10.6 Å². The molecule has 0 fully saturated rings. The van der Waals surface area contributed by atoms with Gasteiger partial charge in [-0.15, -0.1) is 0 Å². The third kappa shape index (κ3) is 4.88. The molecule has 2 aromatic rings. The van der Waals surface area contributed by atoms with Crippen molar-refractivity contribution in [2.24, 2.45) is 0 Å². The first kappa shape index (κ1) is 14.3. The van der Waals surface area contributed by atoms with Gasteiger partial charge in [0.25, 0.3) is 0 Å². The number of rotatable bonds is 5. The van der Waals surface area contributed by atoms with Crippen molar-refractivity contribution < 1.29 is 0 Å². The van der Waals surface area contributed by atoms with Crippen LogP contribution < -0.4 is 10.6 Å². The third-order valence-electron chi connectivity index (χ3n) is 2.70. The lowest BCUT2D eigenvalue weighted by Crippen LogP contribution is -2.26. The molecule has 1 aromatic heterocycles. The van der Waals surface area contributed by atoms with Crippen LogP contribution in [0.15, 0.2) is 42.6 Å². The van der Waals surface area contributed by atoms with Crippen LogP contribution in [0.4, 0.5) is 11.8 Å². The molecule has 2 rings (SSSR count). The first-order valence-electron chi connectivity index (χ1n) is 6.92. The van der Waals surface area contributed by atoms with Gasteiger partial charge in [-0.3, -0.25) is 0 Å². The van der Waals surface area contributed by atoms with E-state index in [0.717, 1.165) is 18.8 Å². The predicted octanol–water partition coefficient (Wildman–Crippen LogP) is 3.34. The van der Waals surface area contributed by atoms with E-state index in [2.05, 4.69) is 65.6 Å². The molecule has 0 radical (unpaired) electrons. The number of benzene rings is 1. The van der Waals surface area contributed by atoms with Gasteiger partial charge in [-0.2, -0.15) is 4.98 Å². The van der Waals surface area contributed by atoms with E-state index >= 15 is 0 Å². The molecule has 0 atom stereocenters. The van der Waals surface area contributed by atoms with Crippen molar-refractivity contribution in [3.63, 3.8) is 0 Å². The van der Waals surface area contributed by atoms with Crippen molar-refractivity contribution in [1.29, 1.82) is 0 Å². The number of anilines is 2. The second-order valence-electron chi connectivity index (χ2n) is 5.80. The highest BCUT2D eigenvalue weighted by atomic mass is 15.1. The van der Waals surface area contributed by atoms with Crippen LogP contribution in [0.2, 0.25) is 0 Å². The van der Waals surface area contributed by atoms with Gasteiger partial charge in [0.2, 0.25) is 5.95 Å². The summed E-state index contributed by atoms with van der Waals surface area (Å²) < 4.78 is 0. The summed E-state index contributed by atoms with van der Waals surface area (Å²) in [6.07, 6.45) is 2.73. The van der Waals surface area contributed by atoms with E-state index in [0.29, 0.717) is 5.95 Å². The number of hydrogen-bond donors (Lipinski definition) is 2. The summed E-state index contributed by atoms with van der Waals surface area (Å²) in [7, 11) is 0. The summed E-state index contributed by atoms with van der Waals surface area (Å²) in [4.78, 5) is 8.69. The van der Waals surface area contributed by atoms with E-state index in [1.165, 1.54) is 5.56 Å². The van der Waals surface area contributed by atoms with E-state index in [1.807, 2.05) is 12.1 Å². The molecule has 0 amide bonds. The maximum atomic E-state index is 4.46. The summed E-state index contributed by atoms with van der Waals surface area (Å²) in [5.74, 6) is 1.50. The maximum absolute atomic E-state index is 4.46. The zero-order chi connectivity index (χ0) is 14.4. The van der Waals surface area contributed by atoms with Crippen LogP contribution in [-0.4, -0.2) is 22.1 Å². The molecule has 0 spiro atoms. The second-order valence-corrected chi connectivity index (χ2v) is 5.80. The Hall–Kier alpha value is -2.10. The van der Waals surface area contributed by atoms with Gasteiger partial charge in [0, 0.05) is 18.3 Å². The molecule has 0 aliphatic rings. The van der Waals surface area contributed by atoms with Gasteiger partial charge in [0.05, 0.1) is 0 Å². The van der Waals surface area contributed by atoms with Crippen molar-refractivity contribution in [2.45, 2.75) is 32.7 Å². The number of nitrogens with one attached hydrogen (secondary N) is 2. The molecular formula is C16H22N4. The minimum atomic E-state index is -0.00430. The molecule has 20 heavy (non-hydrogen) atoms. The van der Waals surface area contributed by atoms with Crippen LogP contribution in [-0.2, 0) is 6.42 Å². The van der Waals surface area contributed by atoms with Gasteiger partial charge in [-0.25, -0.2) is 4.98 Å². The fourth-order valence-electron chi connectivity index (χ4n) is 1.86. The molecule has 0 saturated heterocycles. The van der Waals surface area contributed by atoms with Crippen molar-refractivity contribution in [3.05, 3.63) is 48.2 Å². The fourth-order valence-corrected chi connectivity index (χ4v) is 1.86. The molecule has 0 aliphatic heterocycles. The van der Waals surface area contributed by atoms with Gasteiger partial charge in [0.15, 0.2) is 0 Å². The van der Waals surface area contributed by atoms with E-state index in [-0.39, 0.29) is 5.54 Å². The zero-order valence-electron chi connectivity index (χ0n) is 12.4. The topological polar surface area (TPSA) is 49.8 Å². The van der Waals surface area contributed by atoms with Crippen LogP contribution in [0.1, 0.15) is 26.3 Å². The quantitative estimate of drug-likeness (QED) is 0.875. The Morgan fingerprint density at radius 2 is 1.80 bits per heavy atom. The number of nitrogens with zero attached hydrogens (tertiary/aromatic N) is 2. The maximum Gasteiger partial charge on any atom is 0.224 e. The molecule has 1 heterocycles. The van der Waals surface area contributed by atoms with Gasteiger partial charge in [0.1, 0.15) is 5.82 Å². The predicted molar refractivity (Wildman–Crippen MR) is 84.0 cm³/mol. The van der Waals surface area contributed by atoms with Crippen LogP contribution in [0.3, 0.4) is 0 Å². The van der Waals surface area contributed by atoms with Crippen LogP contribution in [0, 0.1) is 0 Å². The standard InChI is InChI=1S/C16H22N4/c1-16(2,3)20-14-10-12-18-15(19-14)17-11-9-13-7-5-4-6-8-13/h4-8,10,12H,9,11H2,1-3H3,(H2,17,18,19,20). The lowest BCUT2D eigenvalue weighted by atomic mass is 10.1. The molecule has 0 bridgehead atoms. The van der Waals surface area contributed by atoms with Crippen LogP contribution in [0.25, 0.3) is 0 Å². The van der Waals surface area contributed by atoms with Crippen molar-refractivity contribution in [1.82, 2.24) is 9.97 Å². The van der Waals surface area contributed by atoms with Crippen LogP contribution >= 0.6 is 0 Å². The van der Waals surface area contributed by atoms with Gasteiger partial charge in [-0.05, 0) is 38.8 Å². The van der Waals surface area contributed by atoms with E-state index in [4.69, 9.17) is 0 Å². The summed E-state index contributed by atoms with van der Waals surface area (Å²) in [6.45, 7) is 7.15. The monoisotopic (exact) mass is 270 g/mol. The van der Waals surface area contributed by atoms with Crippen LogP contribution in [0.5, 0.6) is 0 Å². The van der Waals surface area contributed by atoms with E-state index < -0.39 is 0 Å². The van der Waals surface area contributed by atoms with Gasteiger partial charge >= 0.3 is 0 Å². The molecule has 106 valence electrons. The Balaban J connectivity index is 1.88. The molecule has 4 nitrogen and oxygen atoms in total. The minimum Gasteiger partial charge on any atom is -0.365 e. The molecular weight excluding hydrogens is 248 g/mol. The average Bonchev–Trinajstić information content (AvgIpc) is 2.38. The van der Waals surface area contributed by atoms with E-state index in [9.17, 15) is 0 Å². The Bertz CT molecular complexity index is 532. The normalized spacial score (nSPS) is 11.2. The largest absolute Gasteiger partial charge is 0.365 e. The Morgan fingerprint density at radius 1 is 1.05 bits per heavy atom. The molecule has 0 unspecified atom stereocenters. The summed E-state index contributed by atoms with van der Waals surface area (Å²) in [5, 5.41) is 6.60. The van der Waals surface area contributed by atoms with E-state index in [1.54, 1.807) is 6.20 Å². The Kier molecular flexibility index (Phi) is 4.56. The molecule has 0 aliphatic carbocycles. The molecule has 0 saturated carbocycles. The summed E-state index contributed by atoms with van der Waals surface area (Å²) in [5.41, 5.74) is 1.30. The molecule has 1 aromatic carbocycles. The number of aromatic nitrogens is 2. The Labute approximate surface area is 120 Å². The highest BCUT2D eigenvalue weighted by Gasteiger charge is 2.10. The first-order valence-corrected chi connectivity index (χ1v) is 6.92. The third-order valence-corrected chi connectivity index (χ3v) is 2.70. The highest BCUT2D eigenvalue weighted by molar-refractivity contribution is 5.41. The highest BCUT2D eigenvalue weighted by Crippen LogP contribution is 2.12. The van der Waals surface area contributed by atoms with Crippen molar-refractivity contribution in [2.75, 3.05) is 17.2 Å². The SMILES string of the molecule is CC(C)(C)Nc1ccnc(NCCc2ccccc2)n1. The average molecular weight is 270 g/mol.